The third kappa shape index (κ3) is 4.93. The third-order valence-corrected chi connectivity index (χ3v) is 5.13. The molecule has 1 aliphatic rings. The Labute approximate surface area is 165 Å². The summed E-state index contributed by atoms with van der Waals surface area (Å²) in [5, 5.41) is 0.592. The van der Waals surface area contributed by atoms with Crippen molar-refractivity contribution in [2.45, 2.75) is 6.42 Å². The number of ether oxygens (including phenoxy) is 2. The van der Waals surface area contributed by atoms with E-state index in [2.05, 4.69) is 11.0 Å². The van der Waals surface area contributed by atoms with Crippen molar-refractivity contribution in [3.63, 3.8) is 0 Å². The van der Waals surface area contributed by atoms with Crippen LogP contribution in [0.15, 0.2) is 42.5 Å². The first-order valence-electron chi connectivity index (χ1n) is 9.09. The molecule has 2 aromatic rings. The number of carbonyl (C=O) groups is 1. The van der Waals surface area contributed by atoms with E-state index in [1.165, 1.54) is 5.56 Å². The Bertz CT molecular complexity index is 789. The number of hydrogen-bond acceptors (Lipinski definition) is 4. The largest absolute Gasteiger partial charge is 0.493 e. The Morgan fingerprint density at radius 1 is 1.00 bits per heavy atom. The Morgan fingerprint density at radius 3 is 2.41 bits per heavy atom. The van der Waals surface area contributed by atoms with E-state index in [0.29, 0.717) is 10.6 Å². The van der Waals surface area contributed by atoms with Gasteiger partial charge in [0.05, 0.1) is 14.2 Å². The first kappa shape index (κ1) is 19.5. The van der Waals surface area contributed by atoms with Crippen LogP contribution >= 0.6 is 11.6 Å². The Kier molecular flexibility index (Phi) is 6.58. The normalized spacial score (nSPS) is 14.9. The summed E-state index contributed by atoms with van der Waals surface area (Å²) in [6.45, 7) is 4.17. The molecule has 0 aromatic heterocycles. The summed E-state index contributed by atoms with van der Waals surface area (Å²) in [6.07, 6.45) is 0.933. The van der Waals surface area contributed by atoms with Crippen molar-refractivity contribution in [1.82, 2.24) is 9.80 Å². The van der Waals surface area contributed by atoms with Crippen LogP contribution in [0, 0.1) is 0 Å². The molecular weight excluding hydrogens is 364 g/mol. The maximum Gasteiger partial charge on any atom is 0.253 e. The summed E-state index contributed by atoms with van der Waals surface area (Å²) in [6, 6.07) is 13.2. The average molecular weight is 389 g/mol. The second-order valence-electron chi connectivity index (χ2n) is 6.58. The molecule has 6 heteroatoms. The van der Waals surface area contributed by atoms with Gasteiger partial charge in [0.15, 0.2) is 11.5 Å². The lowest BCUT2D eigenvalue weighted by Gasteiger charge is -2.34. The van der Waals surface area contributed by atoms with Crippen LogP contribution in [0.4, 0.5) is 0 Å². The molecule has 1 fully saturated rings. The van der Waals surface area contributed by atoms with Crippen molar-refractivity contribution < 1.29 is 14.3 Å². The molecule has 0 N–H and O–H groups in total. The monoisotopic (exact) mass is 388 g/mol. The van der Waals surface area contributed by atoms with Crippen molar-refractivity contribution >= 4 is 17.5 Å². The fourth-order valence-electron chi connectivity index (χ4n) is 3.30. The highest BCUT2D eigenvalue weighted by atomic mass is 35.5. The van der Waals surface area contributed by atoms with Gasteiger partial charge in [0, 0.05) is 43.3 Å². The zero-order valence-electron chi connectivity index (χ0n) is 15.8. The van der Waals surface area contributed by atoms with Crippen LogP contribution in [0.2, 0.25) is 5.02 Å². The number of piperazine rings is 1. The zero-order valence-corrected chi connectivity index (χ0v) is 16.5. The lowest BCUT2D eigenvalue weighted by atomic mass is 10.1. The molecule has 2 aromatic carbocycles. The summed E-state index contributed by atoms with van der Waals surface area (Å²) >= 11 is 6.00. The van der Waals surface area contributed by atoms with Crippen molar-refractivity contribution in [2.24, 2.45) is 0 Å². The van der Waals surface area contributed by atoms with Crippen molar-refractivity contribution in [3.05, 3.63) is 58.6 Å². The zero-order chi connectivity index (χ0) is 19.2. The number of methoxy groups -OCH3 is 2. The predicted octanol–water partition coefficient (Wildman–Crippen LogP) is 3.36. The van der Waals surface area contributed by atoms with Crippen LogP contribution in [0.1, 0.15) is 15.9 Å². The number of amides is 1. The lowest BCUT2D eigenvalue weighted by Crippen LogP contribution is -2.49. The first-order valence-corrected chi connectivity index (χ1v) is 9.46. The van der Waals surface area contributed by atoms with Crippen molar-refractivity contribution in [1.29, 1.82) is 0 Å². The van der Waals surface area contributed by atoms with E-state index in [9.17, 15) is 4.79 Å². The molecule has 0 unspecified atom stereocenters. The SMILES string of the molecule is COc1ccc(CCN2CCN(C(=O)c3cccc(Cl)c3)CC2)cc1OC. The van der Waals surface area contributed by atoms with Gasteiger partial charge in [-0.15, -0.1) is 0 Å². The van der Waals surface area contributed by atoms with Crippen LogP contribution < -0.4 is 9.47 Å². The van der Waals surface area contributed by atoms with Gasteiger partial charge in [-0.3, -0.25) is 9.69 Å². The van der Waals surface area contributed by atoms with E-state index in [1.54, 1.807) is 26.4 Å². The lowest BCUT2D eigenvalue weighted by molar-refractivity contribution is 0.0638. The second-order valence-corrected chi connectivity index (χ2v) is 7.02. The summed E-state index contributed by atoms with van der Waals surface area (Å²) < 4.78 is 10.6. The van der Waals surface area contributed by atoms with Crippen LogP contribution in [0.25, 0.3) is 0 Å². The maximum absolute atomic E-state index is 12.6. The summed E-state index contributed by atoms with van der Waals surface area (Å²) in [4.78, 5) is 16.9. The minimum atomic E-state index is 0.0528. The van der Waals surface area contributed by atoms with Gasteiger partial charge in [-0.2, -0.15) is 0 Å². The van der Waals surface area contributed by atoms with E-state index in [0.717, 1.165) is 50.6 Å². The van der Waals surface area contributed by atoms with Gasteiger partial charge in [0.2, 0.25) is 0 Å². The topological polar surface area (TPSA) is 42.0 Å². The van der Waals surface area contributed by atoms with Gasteiger partial charge in [0.25, 0.3) is 5.91 Å². The molecule has 0 aliphatic carbocycles. The molecule has 1 aliphatic heterocycles. The molecule has 0 saturated carbocycles. The number of halogens is 1. The van der Waals surface area contributed by atoms with Crippen LogP contribution in [0.5, 0.6) is 11.5 Å². The van der Waals surface area contributed by atoms with Crippen molar-refractivity contribution in [3.8, 4) is 11.5 Å². The van der Waals surface area contributed by atoms with E-state index in [4.69, 9.17) is 21.1 Å². The molecule has 27 heavy (non-hydrogen) atoms. The molecule has 3 rings (SSSR count). The minimum Gasteiger partial charge on any atom is -0.493 e. The molecule has 1 saturated heterocycles. The number of carbonyl (C=O) groups excluding carboxylic acids is 1. The fraction of sp³-hybridized carbons (Fsp3) is 0.381. The predicted molar refractivity (Wildman–Crippen MR) is 107 cm³/mol. The Morgan fingerprint density at radius 2 is 1.74 bits per heavy atom. The molecule has 0 radical (unpaired) electrons. The van der Waals surface area contributed by atoms with Gasteiger partial charge in [-0.05, 0) is 42.3 Å². The van der Waals surface area contributed by atoms with Crippen LogP contribution in [-0.4, -0.2) is 62.7 Å². The van der Waals surface area contributed by atoms with Gasteiger partial charge in [-0.1, -0.05) is 23.7 Å². The Hall–Kier alpha value is -2.24. The van der Waals surface area contributed by atoms with E-state index in [-0.39, 0.29) is 5.91 Å². The molecule has 0 spiro atoms. The number of nitrogens with zero attached hydrogens (tertiary/aromatic N) is 2. The highest BCUT2D eigenvalue weighted by molar-refractivity contribution is 6.30. The smallest absolute Gasteiger partial charge is 0.253 e. The fourth-order valence-corrected chi connectivity index (χ4v) is 3.49. The average Bonchev–Trinajstić information content (AvgIpc) is 2.71. The van der Waals surface area contributed by atoms with Crippen LogP contribution in [-0.2, 0) is 6.42 Å². The van der Waals surface area contributed by atoms with E-state index < -0.39 is 0 Å². The third-order valence-electron chi connectivity index (χ3n) is 4.90. The number of rotatable bonds is 6. The van der Waals surface area contributed by atoms with Gasteiger partial charge in [0.1, 0.15) is 0 Å². The van der Waals surface area contributed by atoms with Gasteiger partial charge in [-0.25, -0.2) is 0 Å². The van der Waals surface area contributed by atoms with E-state index >= 15 is 0 Å². The molecular formula is C21H25ClN2O3. The molecule has 1 heterocycles. The maximum atomic E-state index is 12.6. The number of benzene rings is 2. The summed E-state index contributed by atoms with van der Waals surface area (Å²) in [7, 11) is 3.29. The van der Waals surface area contributed by atoms with E-state index in [1.807, 2.05) is 29.2 Å². The quantitative estimate of drug-likeness (QED) is 0.761. The second kappa shape index (κ2) is 9.11. The van der Waals surface area contributed by atoms with Crippen molar-refractivity contribution in [2.75, 3.05) is 46.9 Å². The summed E-state index contributed by atoms with van der Waals surface area (Å²) in [5.74, 6) is 1.55. The molecule has 1 amide bonds. The summed E-state index contributed by atoms with van der Waals surface area (Å²) in [5.41, 5.74) is 1.87. The van der Waals surface area contributed by atoms with Gasteiger partial charge >= 0.3 is 0 Å². The highest BCUT2D eigenvalue weighted by Crippen LogP contribution is 2.27. The van der Waals surface area contributed by atoms with Gasteiger partial charge < -0.3 is 14.4 Å². The molecule has 0 atom stereocenters. The number of hydrogen-bond donors (Lipinski definition) is 0. The standard InChI is InChI=1S/C21H25ClN2O3/c1-26-19-7-6-16(14-20(19)27-2)8-9-23-10-12-24(13-11-23)21(25)17-4-3-5-18(22)15-17/h3-7,14-15H,8-13H2,1-2H3. The van der Waals surface area contributed by atoms with Crippen LogP contribution in [0.3, 0.4) is 0 Å². The highest BCUT2D eigenvalue weighted by Gasteiger charge is 2.22. The molecule has 0 bridgehead atoms. The minimum absolute atomic E-state index is 0.0528. The first-order chi connectivity index (χ1) is 13.1. The molecule has 144 valence electrons. The molecule has 5 nitrogen and oxygen atoms in total. The Balaban J connectivity index is 1.50.